The van der Waals surface area contributed by atoms with Gasteiger partial charge in [0.1, 0.15) is 0 Å². The Balaban J connectivity index is 2.17. The van der Waals surface area contributed by atoms with E-state index in [1.54, 1.807) is 0 Å². The number of hydrogen-bond donors (Lipinski definition) is 1. The molecule has 2 aromatic carbocycles. The molecule has 0 aliphatic heterocycles. The van der Waals surface area contributed by atoms with E-state index in [9.17, 15) is 0 Å². The molecule has 0 saturated heterocycles. The Morgan fingerprint density at radius 2 is 1.78 bits per heavy atom. The van der Waals surface area contributed by atoms with Crippen molar-refractivity contribution < 1.29 is 0 Å². The quantitative estimate of drug-likeness (QED) is 0.782. The number of fused-ring (bicyclic) bond motifs is 1. The van der Waals surface area contributed by atoms with Crippen LogP contribution in [0.4, 0.5) is 5.69 Å². The molecule has 0 fully saturated rings. The summed E-state index contributed by atoms with van der Waals surface area (Å²) in [6, 6.07) is 15.2. The van der Waals surface area contributed by atoms with E-state index in [4.69, 9.17) is 0 Å². The normalized spacial score (nSPS) is 10.8. The van der Waals surface area contributed by atoms with Gasteiger partial charge in [0.15, 0.2) is 0 Å². The van der Waals surface area contributed by atoms with Gasteiger partial charge in [-0.1, -0.05) is 37.3 Å². The van der Waals surface area contributed by atoms with E-state index >= 15 is 0 Å². The van der Waals surface area contributed by atoms with Crippen LogP contribution in [0.3, 0.4) is 0 Å². The van der Waals surface area contributed by atoms with Gasteiger partial charge in [-0.25, -0.2) is 0 Å². The molecule has 2 heteroatoms. The van der Waals surface area contributed by atoms with Gasteiger partial charge in [0.2, 0.25) is 0 Å². The number of likely N-dealkylation sites (N-methyl/N-ethyl adjacent to an activating group) is 2. The van der Waals surface area contributed by atoms with Crippen molar-refractivity contribution in [2.75, 3.05) is 31.1 Å². The molecular weight excluding hydrogens is 220 g/mol. The number of nitrogens with one attached hydrogen (secondary N) is 1. The molecule has 1 N–H and O–H groups in total. The number of hydrogen-bond acceptors (Lipinski definition) is 2. The monoisotopic (exact) mass is 242 g/mol. The third-order valence-corrected chi connectivity index (χ3v) is 3.29. The Morgan fingerprint density at radius 3 is 2.50 bits per heavy atom. The summed E-state index contributed by atoms with van der Waals surface area (Å²) in [6.07, 6.45) is 0. The number of rotatable bonds is 6. The number of benzene rings is 2. The third kappa shape index (κ3) is 3.02. The predicted molar refractivity (Wildman–Crippen MR) is 80.4 cm³/mol. The zero-order chi connectivity index (χ0) is 12.8. The van der Waals surface area contributed by atoms with Crippen molar-refractivity contribution >= 4 is 16.5 Å². The third-order valence-electron chi connectivity index (χ3n) is 3.29. The van der Waals surface area contributed by atoms with Crippen molar-refractivity contribution in [2.45, 2.75) is 13.8 Å². The van der Waals surface area contributed by atoms with Crippen molar-refractivity contribution in [3.63, 3.8) is 0 Å². The first-order chi connectivity index (χ1) is 8.85. The van der Waals surface area contributed by atoms with Crippen LogP contribution in [-0.2, 0) is 0 Å². The molecule has 2 rings (SSSR count). The van der Waals surface area contributed by atoms with E-state index in [-0.39, 0.29) is 0 Å². The van der Waals surface area contributed by atoms with Gasteiger partial charge in [0, 0.05) is 25.3 Å². The summed E-state index contributed by atoms with van der Waals surface area (Å²) in [5.74, 6) is 0. The highest BCUT2D eigenvalue weighted by Gasteiger charge is 2.04. The second-order valence-electron chi connectivity index (χ2n) is 4.46. The summed E-state index contributed by atoms with van der Waals surface area (Å²) in [4.78, 5) is 2.41. The Kier molecular flexibility index (Phi) is 4.59. The fourth-order valence-corrected chi connectivity index (χ4v) is 2.23. The van der Waals surface area contributed by atoms with Crippen molar-refractivity contribution in [1.29, 1.82) is 0 Å². The van der Waals surface area contributed by atoms with Gasteiger partial charge in [-0.2, -0.15) is 0 Å². The molecule has 0 saturated carbocycles. The number of nitrogens with zero attached hydrogens (tertiary/aromatic N) is 1. The topological polar surface area (TPSA) is 15.3 Å². The summed E-state index contributed by atoms with van der Waals surface area (Å²) in [5.41, 5.74) is 1.31. The highest BCUT2D eigenvalue weighted by atomic mass is 15.1. The first-order valence-corrected chi connectivity index (χ1v) is 6.79. The van der Waals surface area contributed by atoms with Crippen LogP contribution in [0.1, 0.15) is 13.8 Å². The van der Waals surface area contributed by atoms with E-state index < -0.39 is 0 Å². The highest BCUT2D eigenvalue weighted by molar-refractivity contribution is 5.85. The lowest BCUT2D eigenvalue weighted by atomic mass is 10.1. The van der Waals surface area contributed by atoms with Crippen molar-refractivity contribution in [3.8, 4) is 0 Å². The predicted octanol–water partition coefficient (Wildman–Crippen LogP) is 3.28. The second kappa shape index (κ2) is 6.41. The molecule has 0 aliphatic rings. The fraction of sp³-hybridized carbons (Fsp3) is 0.375. The van der Waals surface area contributed by atoms with Crippen molar-refractivity contribution in [3.05, 3.63) is 42.5 Å². The lowest BCUT2D eigenvalue weighted by molar-refractivity contribution is 0.688. The first-order valence-electron chi connectivity index (χ1n) is 6.79. The van der Waals surface area contributed by atoms with Crippen LogP contribution in [0.2, 0.25) is 0 Å². The Bertz CT molecular complexity index is 493. The van der Waals surface area contributed by atoms with Crippen LogP contribution in [0.25, 0.3) is 10.8 Å². The maximum Gasteiger partial charge on any atom is 0.0372 e. The summed E-state index contributed by atoms with van der Waals surface area (Å²) < 4.78 is 0. The molecule has 2 aromatic rings. The molecule has 0 radical (unpaired) electrons. The van der Waals surface area contributed by atoms with E-state index in [1.165, 1.54) is 16.5 Å². The lowest BCUT2D eigenvalue weighted by Gasteiger charge is -2.23. The van der Waals surface area contributed by atoms with Gasteiger partial charge in [-0.15, -0.1) is 0 Å². The lowest BCUT2D eigenvalue weighted by Crippen LogP contribution is -2.31. The van der Waals surface area contributed by atoms with Crippen LogP contribution in [0, 0.1) is 0 Å². The molecule has 0 aliphatic carbocycles. The minimum atomic E-state index is 1.04. The Hall–Kier alpha value is -1.54. The summed E-state index contributed by atoms with van der Waals surface area (Å²) >= 11 is 0. The Labute approximate surface area is 110 Å². The van der Waals surface area contributed by atoms with Crippen LogP contribution < -0.4 is 10.2 Å². The summed E-state index contributed by atoms with van der Waals surface area (Å²) in [5, 5.41) is 6.00. The number of anilines is 1. The standard InChI is InChI=1S/C16H22N2/c1-3-17-11-12-18(4-2)16-10-9-14-7-5-6-8-15(14)13-16/h5-10,13,17H,3-4,11-12H2,1-2H3. The van der Waals surface area contributed by atoms with Crippen LogP contribution in [0.5, 0.6) is 0 Å². The van der Waals surface area contributed by atoms with Crippen LogP contribution in [-0.4, -0.2) is 26.2 Å². The molecule has 96 valence electrons. The fourth-order valence-electron chi connectivity index (χ4n) is 2.23. The molecule has 2 nitrogen and oxygen atoms in total. The summed E-state index contributed by atoms with van der Waals surface area (Å²) in [6.45, 7) is 8.53. The molecule has 0 amide bonds. The molecule has 18 heavy (non-hydrogen) atoms. The van der Waals surface area contributed by atoms with Gasteiger partial charge in [0.25, 0.3) is 0 Å². The van der Waals surface area contributed by atoms with E-state index in [0.29, 0.717) is 0 Å². The Morgan fingerprint density at radius 1 is 1.00 bits per heavy atom. The van der Waals surface area contributed by atoms with E-state index in [1.807, 2.05) is 0 Å². The van der Waals surface area contributed by atoms with Gasteiger partial charge < -0.3 is 10.2 Å². The van der Waals surface area contributed by atoms with Gasteiger partial charge in [-0.05, 0) is 36.4 Å². The largest absolute Gasteiger partial charge is 0.371 e. The average Bonchev–Trinajstić information content (AvgIpc) is 2.43. The minimum absolute atomic E-state index is 1.04. The maximum absolute atomic E-state index is 3.38. The van der Waals surface area contributed by atoms with Crippen LogP contribution in [0.15, 0.2) is 42.5 Å². The minimum Gasteiger partial charge on any atom is -0.371 e. The molecule has 0 atom stereocenters. The zero-order valence-corrected chi connectivity index (χ0v) is 11.3. The maximum atomic E-state index is 3.38. The van der Waals surface area contributed by atoms with Crippen molar-refractivity contribution in [1.82, 2.24) is 5.32 Å². The van der Waals surface area contributed by atoms with Crippen LogP contribution >= 0.6 is 0 Å². The molecule has 0 unspecified atom stereocenters. The molecule has 0 spiro atoms. The SMILES string of the molecule is CCNCCN(CC)c1ccc2ccccc2c1. The van der Waals surface area contributed by atoms with Gasteiger partial charge in [-0.3, -0.25) is 0 Å². The smallest absolute Gasteiger partial charge is 0.0372 e. The van der Waals surface area contributed by atoms with E-state index in [0.717, 1.165) is 26.2 Å². The second-order valence-corrected chi connectivity index (χ2v) is 4.46. The highest BCUT2D eigenvalue weighted by Crippen LogP contribution is 2.21. The molecule has 0 bridgehead atoms. The zero-order valence-electron chi connectivity index (χ0n) is 11.3. The van der Waals surface area contributed by atoms with Crippen molar-refractivity contribution in [2.24, 2.45) is 0 Å². The van der Waals surface area contributed by atoms with E-state index in [2.05, 4.69) is 66.5 Å². The molecule has 0 aromatic heterocycles. The average molecular weight is 242 g/mol. The molecule has 0 heterocycles. The van der Waals surface area contributed by atoms with Gasteiger partial charge >= 0.3 is 0 Å². The van der Waals surface area contributed by atoms with Gasteiger partial charge in [0.05, 0.1) is 0 Å². The molecular formula is C16H22N2. The first kappa shape index (κ1) is 12.9. The summed E-state index contributed by atoms with van der Waals surface area (Å²) in [7, 11) is 0.